The summed E-state index contributed by atoms with van der Waals surface area (Å²) in [7, 11) is 0. The molecule has 2 unspecified atom stereocenters. The van der Waals surface area contributed by atoms with Gasteiger partial charge in [-0.05, 0) is 30.4 Å². The van der Waals surface area contributed by atoms with E-state index in [4.69, 9.17) is 0 Å². The van der Waals surface area contributed by atoms with Crippen LogP contribution in [0.25, 0.3) is 10.8 Å². The topological polar surface area (TPSA) is 24.9 Å². The molecule has 1 fully saturated rings. The highest BCUT2D eigenvalue weighted by atomic mass is 79.9. The largest absolute Gasteiger partial charge is 0.369 e. The molecule has 0 radical (unpaired) electrons. The van der Waals surface area contributed by atoms with Crippen molar-refractivity contribution in [2.45, 2.75) is 32.6 Å². The second-order valence-corrected chi connectivity index (χ2v) is 6.75. The number of hydrogen-bond acceptors (Lipinski definition) is 2. The highest BCUT2D eigenvalue weighted by molar-refractivity contribution is 9.10. The molecule has 1 aliphatic carbocycles. The Bertz CT molecular complexity index is 597. The zero-order valence-corrected chi connectivity index (χ0v) is 13.5. The first-order valence-corrected chi connectivity index (χ1v) is 8.32. The van der Waals surface area contributed by atoms with E-state index in [1.54, 1.807) is 0 Å². The molecule has 0 saturated heterocycles. The van der Waals surface area contributed by atoms with Crippen LogP contribution in [0.4, 0.5) is 5.82 Å². The summed E-state index contributed by atoms with van der Waals surface area (Å²) >= 11 is 3.61. The molecule has 2 nitrogen and oxygen atoms in total. The van der Waals surface area contributed by atoms with E-state index >= 15 is 0 Å². The second-order valence-electron chi connectivity index (χ2n) is 5.90. The number of anilines is 1. The van der Waals surface area contributed by atoms with Crippen molar-refractivity contribution in [1.82, 2.24) is 4.98 Å². The first-order valence-electron chi connectivity index (χ1n) is 7.53. The van der Waals surface area contributed by atoms with Crippen LogP contribution in [-0.4, -0.2) is 11.5 Å². The van der Waals surface area contributed by atoms with E-state index in [0.29, 0.717) is 0 Å². The van der Waals surface area contributed by atoms with Crippen LogP contribution in [0.5, 0.6) is 0 Å². The summed E-state index contributed by atoms with van der Waals surface area (Å²) in [4.78, 5) is 4.53. The minimum atomic E-state index is 0.785. The summed E-state index contributed by atoms with van der Waals surface area (Å²) < 4.78 is 1.13. The van der Waals surface area contributed by atoms with Crippen LogP contribution in [0, 0.1) is 11.8 Å². The molecular weight excluding hydrogens is 312 g/mol. The molecule has 106 valence electrons. The quantitative estimate of drug-likeness (QED) is 0.831. The molecule has 1 aromatic heterocycles. The molecule has 0 amide bonds. The molecule has 3 rings (SSSR count). The molecule has 2 aromatic rings. The smallest absolute Gasteiger partial charge is 0.133 e. The Hall–Kier alpha value is -1.09. The van der Waals surface area contributed by atoms with E-state index in [0.717, 1.165) is 28.7 Å². The molecule has 1 aliphatic rings. The number of pyridine rings is 1. The van der Waals surface area contributed by atoms with Crippen LogP contribution >= 0.6 is 15.9 Å². The number of nitrogens with one attached hydrogen (secondary N) is 1. The Morgan fingerprint density at radius 3 is 2.90 bits per heavy atom. The van der Waals surface area contributed by atoms with Crippen molar-refractivity contribution >= 4 is 32.5 Å². The van der Waals surface area contributed by atoms with Gasteiger partial charge in [0.15, 0.2) is 0 Å². The maximum atomic E-state index is 4.53. The molecule has 1 saturated carbocycles. The molecule has 0 aliphatic heterocycles. The molecule has 0 spiro atoms. The van der Waals surface area contributed by atoms with Gasteiger partial charge in [-0.25, -0.2) is 4.98 Å². The lowest BCUT2D eigenvalue weighted by molar-refractivity contribution is 0.268. The van der Waals surface area contributed by atoms with E-state index in [-0.39, 0.29) is 0 Å². The molecule has 0 bridgehead atoms. The SMILES string of the molecule is CC1CCCCC1CNc1nccc2c(Br)cccc12. The maximum absolute atomic E-state index is 4.53. The van der Waals surface area contributed by atoms with Crippen molar-refractivity contribution < 1.29 is 0 Å². The van der Waals surface area contributed by atoms with Gasteiger partial charge in [-0.15, -0.1) is 0 Å². The highest BCUT2D eigenvalue weighted by Crippen LogP contribution is 2.31. The fraction of sp³-hybridized carbons (Fsp3) is 0.471. The maximum Gasteiger partial charge on any atom is 0.133 e. The zero-order chi connectivity index (χ0) is 13.9. The Kier molecular flexibility index (Phi) is 4.25. The van der Waals surface area contributed by atoms with Crippen LogP contribution in [-0.2, 0) is 0 Å². The number of aromatic nitrogens is 1. The summed E-state index contributed by atoms with van der Waals surface area (Å²) in [6.07, 6.45) is 7.39. The van der Waals surface area contributed by atoms with Gasteiger partial charge in [-0.1, -0.05) is 54.2 Å². The van der Waals surface area contributed by atoms with Crippen molar-refractivity contribution in [3.05, 3.63) is 34.9 Å². The van der Waals surface area contributed by atoms with Gasteiger partial charge in [0, 0.05) is 28.0 Å². The summed E-state index contributed by atoms with van der Waals surface area (Å²) in [6, 6.07) is 8.35. The third kappa shape index (κ3) is 2.83. The predicted molar refractivity (Wildman–Crippen MR) is 89.1 cm³/mol. The third-order valence-electron chi connectivity index (χ3n) is 4.57. The van der Waals surface area contributed by atoms with E-state index in [9.17, 15) is 0 Å². The third-order valence-corrected chi connectivity index (χ3v) is 5.27. The van der Waals surface area contributed by atoms with Crippen molar-refractivity contribution in [2.24, 2.45) is 11.8 Å². The van der Waals surface area contributed by atoms with Gasteiger partial charge in [-0.2, -0.15) is 0 Å². The monoisotopic (exact) mass is 332 g/mol. The number of fused-ring (bicyclic) bond motifs is 1. The molecule has 3 heteroatoms. The van der Waals surface area contributed by atoms with Gasteiger partial charge < -0.3 is 5.32 Å². The van der Waals surface area contributed by atoms with Gasteiger partial charge in [-0.3, -0.25) is 0 Å². The highest BCUT2D eigenvalue weighted by Gasteiger charge is 2.21. The molecular formula is C17H21BrN2. The van der Waals surface area contributed by atoms with E-state index < -0.39 is 0 Å². The predicted octanol–water partition coefficient (Wildman–Crippen LogP) is 5.24. The molecule has 1 N–H and O–H groups in total. The Balaban J connectivity index is 1.79. The lowest BCUT2D eigenvalue weighted by atomic mass is 9.80. The van der Waals surface area contributed by atoms with Gasteiger partial charge in [0.05, 0.1) is 0 Å². The van der Waals surface area contributed by atoms with Crippen molar-refractivity contribution in [3.63, 3.8) is 0 Å². The number of benzene rings is 1. The lowest BCUT2D eigenvalue weighted by Gasteiger charge is -2.29. The molecule has 1 aromatic carbocycles. The van der Waals surface area contributed by atoms with Crippen LogP contribution < -0.4 is 5.32 Å². The first-order chi connectivity index (χ1) is 9.75. The minimum absolute atomic E-state index is 0.785. The summed E-state index contributed by atoms with van der Waals surface area (Å²) in [5, 5.41) is 6.01. The van der Waals surface area contributed by atoms with Crippen LogP contribution in [0.2, 0.25) is 0 Å². The van der Waals surface area contributed by atoms with Crippen molar-refractivity contribution in [1.29, 1.82) is 0 Å². The molecule has 1 heterocycles. The van der Waals surface area contributed by atoms with Crippen molar-refractivity contribution in [2.75, 3.05) is 11.9 Å². The summed E-state index contributed by atoms with van der Waals surface area (Å²) in [5.74, 6) is 2.63. The lowest BCUT2D eigenvalue weighted by Crippen LogP contribution is -2.24. The first kappa shape index (κ1) is 13.9. The normalized spacial score (nSPS) is 22.9. The summed E-state index contributed by atoms with van der Waals surface area (Å²) in [6.45, 7) is 3.43. The van der Waals surface area contributed by atoms with Gasteiger partial charge >= 0.3 is 0 Å². The fourth-order valence-electron chi connectivity index (χ4n) is 3.23. The Labute approximate surface area is 129 Å². The average molecular weight is 333 g/mol. The van der Waals surface area contributed by atoms with E-state index in [2.05, 4.69) is 57.4 Å². The number of nitrogens with zero attached hydrogens (tertiary/aromatic N) is 1. The number of halogens is 1. The zero-order valence-electron chi connectivity index (χ0n) is 11.9. The van der Waals surface area contributed by atoms with Crippen LogP contribution in [0.1, 0.15) is 32.6 Å². The minimum Gasteiger partial charge on any atom is -0.369 e. The second kappa shape index (κ2) is 6.13. The van der Waals surface area contributed by atoms with E-state index in [1.807, 2.05) is 6.20 Å². The van der Waals surface area contributed by atoms with Crippen LogP contribution in [0.3, 0.4) is 0 Å². The molecule has 20 heavy (non-hydrogen) atoms. The Morgan fingerprint density at radius 1 is 1.20 bits per heavy atom. The number of hydrogen-bond donors (Lipinski definition) is 1. The van der Waals surface area contributed by atoms with Gasteiger partial charge in [0.1, 0.15) is 5.82 Å². The van der Waals surface area contributed by atoms with Crippen molar-refractivity contribution in [3.8, 4) is 0 Å². The average Bonchev–Trinajstić information content (AvgIpc) is 2.47. The summed E-state index contributed by atoms with van der Waals surface area (Å²) in [5.41, 5.74) is 0. The van der Waals surface area contributed by atoms with Gasteiger partial charge in [0.25, 0.3) is 0 Å². The van der Waals surface area contributed by atoms with Gasteiger partial charge in [0.2, 0.25) is 0 Å². The molecule has 2 atom stereocenters. The van der Waals surface area contributed by atoms with E-state index in [1.165, 1.54) is 36.5 Å². The fourth-order valence-corrected chi connectivity index (χ4v) is 3.73. The van der Waals surface area contributed by atoms with Crippen LogP contribution in [0.15, 0.2) is 34.9 Å². The number of rotatable bonds is 3. The Morgan fingerprint density at radius 2 is 2.05 bits per heavy atom. The standard InChI is InChI=1S/C17H21BrN2/c1-12-5-2-3-6-13(12)11-20-17-15-7-4-8-16(18)14(15)9-10-19-17/h4,7-10,12-13H,2-3,5-6,11H2,1H3,(H,19,20).